The molecule has 1 aromatic carbocycles. The van der Waals surface area contributed by atoms with E-state index in [0.717, 1.165) is 30.4 Å². The minimum atomic E-state index is -0.877. The zero-order valence-corrected chi connectivity index (χ0v) is 13.5. The molecule has 0 saturated heterocycles. The monoisotopic (exact) mass is 321 g/mol. The molecule has 7 heteroatoms. The molecule has 1 aromatic heterocycles. The molecule has 1 heterocycles. The maximum atomic E-state index is 10.6. The van der Waals surface area contributed by atoms with Crippen molar-refractivity contribution in [3.63, 3.8) is 0 Å². The largest absolute Gasteiger partial charge is 0.486 e. The number of aryl methyl sites for hydroxylation is 1. The van der Waals surface area contributed by atoms with Crippen LogP contribution in [0.15, 0.2) is 29.4 Å². The molecule has 6 nitrogen and oxygen atoms in total. The zero-order valence-electron chi connectivity index (χ0n) is 12.7. The van der Waals surface area contributed by atoms with Gasteiger partial charge in [-0.3, -0.25) is 4.79 Å². The Hall–Kier alpha value is -2.02. The van der Waals surface area contributed by atoms with Crippen molar-refractivity contribution in [1.82, 2.24) is 14.8 Å². The highest BCUT2D eigenvalue weighted by atomic mass is 32.2. The van der Waals surface area contributed by atoms with E-state index in [1.54, 1.807) is 11.6 Å². The SMILES string of the molecule is CCCc1ccc(OCc2nnc(SCC(=O)O)n2C)cc1. The third-order valence-electron chi connectivity index (χ3n) is 3.08. The molecule has 2 rings (SSSR count). The Bertz CT molecular complexity index is 625. The average Bonchev–Trinajstić information content (AvgIpc) is 2.85. The number of nitrogens with zero attached hydrogens (tertiary/aromatic N) is 3. The molecule has 22 heavy (non-hydrogen) atoms. The van der Waals surface area contributed by atoms with Gasteiger partial charge in [0.15, 0.2) is 11.0 Å². The van der Waals surface area contributed by atoms with Gasteiger partial charge in [-0.1, -0.05) is 37.2 Å². The fourth-order valence-corrected chi connectivity index (χ4v) is 2.56. The molecule has 0 saturated carbocycles. The van der Waals surface area contributed by atoms with Crippen molar-refractivity contribution >= 4 is 17.7 Å². The molecule has 1 N–H and O–H groups in total. The zero-order chi connectivity index (χ0) is 15.9. The number of rotatable bonds is 8. The van der Waals surface area contributed by atoms with Gasteiger partial charge in [-0.25, -0.2) is 0 Å². The Morgan fingerprint density at radius 2 is 2.05 bits per heavy atom. The van der Waals surface area contributed by atoms with Crippen LogP contribution < -0.4 is 4.74 Å². The standard InChI is InChI=1S/C15H19N3O3S/c1-3-4-11-5-7-12(8-6-11)21-9-13-16-17-15(18(13)2)22-10-14(19)20/h5-8H,3-4,9-10H2,1-2H3,(H,19,20). The summed E-state index contributed by atoms with van der Waals surface area (Å²) in [6.07, 6.45) is 2.18. The van der Waals surface area contributed by atoms with Crippen LogP contribution in [0.1, 0.15) is 24.7 Å². The van der Waals surface area contributed by atoms with Gasteiger partial charge in [0.1, 0.15) is 12.4 Å². The van der Waals surface area contributed by atoms with E-state index in [9.17, 15) is 4.79 Å². The van der Waals surface area contributed by atoms with Crippen molar-refractivity contribution in [3.8, 4) is 5.75 Å². The van der Waals surface area contributed by atoms with Crippen LogP contribution in [0.4, 0.5) is 0 Å². The third kappa shape index (κ3) is 4.49. The van der Waals surface area contributed by atoms with Crippen LogP contribution in [0.3, 0.4) is 0 Å². The first-order valence-corrected chi connectivity index (χ1v) is 8.03. The predicted molar refractivity (Wildman–Crippen MR) is 84.1 cm³/mol. The Labute approximate surface area is 133 Å². The second-order valence-electron chi connectivity index (χ2n) is 4.82. The Morgan fingerprint density at radius 1 is 1.32 bits per heavy atom. The molecule has 0 unspecified atom stereocenters. The van der Waals surface area contributed by atoms with E-state index in [-0.39, 0.29) is 5.75 Å². The molecular formula is C15H19N3O3S. The summed E-state index contributed by atoms with van der Waals surface area (Å²) < 4.78 is 7.45. The van der Waals surface area contributed by atoms with Gasteiger partial charge in [0.2, 0.25) is 0 Å². The van der Waals surface area contributed by atoms with E-state index in [0.29, 0.717) is 17.6 Å². The fourth-order valence-electron chi connectivity index (χ4n) is 1.91. The van der Waals surface area contributed by atoms with Crippen molar-refractivity contribution < 1.29 is 14.6 Å². The number of hydrogen-bond acceptors (Lipinski definition) is 5. The van der Waals surface area contributed by atoms with Crippen LogP contribution in [0.2, 0.25) is 0 Å². The molecule has 0 fully saturated rings. The van der Waals surface area contributed by atoms with Gasteiger partial charge in [0.05, 0.1) is 5.75 Å². The molecule has 0 aliphatic rings. The van der Waals surface area contributed by atoms with Gasteiger partial charge in [-0.2, -0.15) is 0 Å². The van der Waals surface area contributed by atoms with Crippen LogP contribution in [-0.4, -0.2) is 31.6 Å². The molecule has 0 radical (unpaired) electrons. The maximum absolute atomic E-state index is 10.6. The van der Waals surface area contributed by atoms with Gasteiger partial charge >= 0.3 is 5.97 Å². The van der Waals surface area contributed by atoms with Crippen molar-refractivity contribution in [2.24, 2.45) is 7.05 Å². The second-order valence-corrected chi connectivity index (χ2v) is 5.77. The lowest BCUT2D eigenvalue weighted by Gasteiger charge is -2.07. The molecule has 0 aliphatic heterocycles. The van der Waals surface area contributed by atoms with E-state index >= 15 is 0 Å². The Kier molecular flexibility index (Phi) is 5.83. The topological polar surface area (TPSA) is 77.2 Å². The van der Waals surface area contributed by atoms with E-state index in [4.69, 9.17) is 9.84 Å². The van der Waals surface area contributed by atoms with Gasteiger partial charge in [0.25, 0.3) is 0 Å². The summed E-state index contributed by atoms with van der Waals surface area (Å²) in [5.41, 5.74) is 1.29. The lowest BCUT2D eigenvalue weighted by atomic mass is 10.1. The van der Waals surface area contributed by atoms with Crippen LogP contribution in [-0.2, 0) is 24.9 Å². The summed E-state index contributed by atoms with van der Waals surface area (Å²) in [6.45, 7) is 2.45. The average molecular weight is 321 g/mol. The number of carboxylic acid groups (broad SMARTS) is 1. The Balaban J connectivity index is 1.92. The number of benzene rings is 1. The molecule has 0 aliphatic carbocycles. The fraction of sp³-hybridized carbons (Fsp3) is 0.400. The number of ether oxygens (including phenoxy) is 1. The molecular weight excluding hydrogens is 302 g/mol. The molecule has 0 spiro atoms. The van der Waals surface area contributed by atoms with E-state index in [2.05, 4.69) is 29.3 Å². The van der Waals surface area contributed by atoms with Crippen molar-refractivity contribution in [2.75, 3.05) is 5.75 Å². The first-order chi connectivity index (χ1) is 10.6. The predicted octanol–water partition coefficient (Wildman–Crippen LogP) is 2.52. The van der Waals surface area contributed by atoms with Gasteiger partial charge in [-0.15, -0.1) is 10.2 Å². The van der Waals surface area contributed by atoms with Gasteiger partial charge < -0.3 is 14.4 Å². The number of carbonyl (C=O) groups is 1. The molecule has 0 atom stereocenters. The van der Waals surface area contributed by atoms with Crippen molar-refractivity contribution in [2.45, 2.75) is 31.5 Å². The highest BCUT2D eigenvalue weighted by Crippen LogP contribution is 2.18. The summed E-state index contributed by atoms with van der Waals surface area (Å²) in [6, 6.07) is 8.01. The maximum Gasteiger partial charge on any atom is 0.313 e. The van der Waals surface area contributed by atoms with Gasteiger partial charge in [0, 0.05) is 7.05 Å². The summed E-state index contributed by atoms with van der Waals surface area (Å²) in [7, 11) is 1.80. The minimum absolute atomic E-state index is 0.0360. The van der Waals surface area contributed by atoms with Crippen LogP contribution in [0, 0.1) is 0 Å². The van der Waals surface area contributed by atoms with E-state index in [1.807, 2.05) is 12.1 Å². The smallest absolute Gasteiger partial charge is 0.313 e. The lowest BCUT2D eigenvalue weighted by Crippen LogP contribution is -2.05. The number of aliphatic carboxylic acids is 1. The lowest BCUT2D eigenvalue weighted by molar-refractivity contribution is -0.133. The van der Waals surface area contributed by atoms with Crippen LogP contribution in [0.25, 0.3) is 0 Å². The molecule has 0 bridgehead atoms. The highest BCUT2D eigenvalue weighted by molar-refractivity contribution is 7.99. The first-order valence-electron chi connectivity index (χ1n) is 7.04. The third-order valence-corrected chi connectivity index (χ3v) is 4.08. The summed E-state index contributed by atoms with van der Waals surface area (Å²) in [5, 5.41) is 17.3. The van der Waals surface area contributed by atoms with Gasteiger partial charge in [-0.05, 0) is 24.1 Å². The summed E-state index contributed by atoms with van der Waals surface area (Å²) in [5.74, 6) is 0.525. The van der Waals surface area contributed by atoms with Crippen molar-refractivity contribution in [1.29, 1.82) is 0 Å². The number of aromatic nitrogens is 3. The number of hydrogen-bond donors (Lipinski definition) is 1. The van der Waals surface area contributed by atoms with Crippen LogP contribution >= 0.6 is 11.8 Å². The normalized spacial score (nSPS) is 10.6. The van der Waals surface area contributed by atoms with Crippen LogP contribution in [0.5, 0.6) is 5.75 Å². The van der Waals surface area contributed by atoms with E-state index in [1.165, 1.54) is 5.56 Å². The molecule has 0 amide bonds. The quantitative estimate of drug-likeness (QED) is 0.753. The minimum Gasteiger partial charge on any atom is -0.486 e. The molecule has 118 valence electrons. The van der Waals surface area contributed by atoms with Crippen molar-refractivity contribution in [3.05, 3.63) is 35.7 Å². The molecule has 2 aromatic rings. The first kappa shape index (κ1) is 16.4. The highest BCUT2D eigenvalue weighted by Gasteiger charge is 2.11. The number of thioether (sulfide) groups is 1. The summed E-state index contributed by atoms with van der Waals surface area (Å²) >= 11 is 1.14. The Morgan fingerprint density at radius 3 is 2.68 bits per heavy atom. The van der Waals surface area contributed by atoms with E-state index < -0.39 is 5.97 Å². The summed E-state index contributed by atoms with van der Waals surface area (Å²) in [4.78, 5) is 10.6. The second kappa shape index (κ2) is 7.84. The number of carboxylic acids is 1.